The van der Waals surface area contributed by atoms with Gasteiger partial charge in [-0.2, -0.15) is 0 Å². The van der Waals surface area contributed by atoms with E-state index < -0.39 is 0 Å². The van der Waals surface area contributed by atoms with Crippen molar-refractivity contribution in [2.45, 2.75) is 18.2 Å². The van der Waals surface area contributed by atoms with Crippen molar-refractivity contribution in [2.75, 3.05) is 0 Å². The number of hydrogen-bond acceptors (Lipinski definition) is 2. The van der Waals surface area contributed by atoms with Gasteiger partial charge in [-0.25, -0.2) is 4.98 Å². The molecule has 0 amide bonds. The minimum Gasteiger partial charge on any atom is -0.294 e. The molecule has 210 valence electrons. The van der Waals surface area contributed by atoms with Gasteiger partial charge in [0.25, 0.3) is 0 Å². The Bertz CT molecular complexity index is 2320. The molecule has 1 aliphatic rings. The molecule has 1 aromatic heterocycles. The van der Waals surface area contributed by atoms with Crippen molar-refractivity contribution in [1.82, 2.24) is 9.55 Å². The lowest BCUT2D eigenvalue weighted by Crippen LogP contribution is -2.32. The molecule has 2 heterocycles. The summed E-state index contributed by atoms with van der Waals surface area (Å²) in [5, 5.41) is 6.91. The summed E-state index contributed by atoms with van der Waals surface area (Å²) >= 11 is 1.74. The zero-order valence-electron chi connectivity index (χ0n) is 24.5. The molecule has 0 radical (unpaired) electrons. The second-order valence-electron chi connectivity index (χ2n) is 11.2. The second-order valence-corrected chi connectivity index (χ2v) is 12.2. The normalized spacial score (nSPS) is 12.3. The number of aryl methyl sites for hydroxylation is 1. The summed E-state index contributed by atoms with van der Waals surface area (Å²) in [6.45, 7) is 10.5. The number of benzene rings is 6. The summed E-state index contributed by atoms with van der Waals surface area (Å²) in [4.78, 5) is 7.12. The molecule has 6 aromatic carbocycles. The maximum Gasteiger partial charge on any atom is 0.114 e. The fraction of sp³-hybridized carbons (Fsp3) is 0.0488. The molecule has 3 heteroatoms. The third-order valence-electron chi connectivity index (χ3n) is 8.65. The van der Waals surface area contributed by atoms with Crippen LogP contribution in [0.2, 0.25) is 0 Å². The van der Waals surface area contributed by atoms with Gasteiger partial charge in [0, 0.05) is 16.2 Å². The van der Waals surface area contributed by atoms with Gasteiger partial charge in [-0.05, 0) is 73.1 Å². The Morgan fingerprint density at radius 3 is 1.86 bits per heavy atom. The summed E-state index contributed by atoms with van der Waals surface area (Å²) in [7, 11) is 0. The summed E-state index contributed by atoms with van der Waals surface area (Å²) < 4.78 is 2.28. The molecule has 0 unspecified atom stereocenters. The summed E-state index contributed by atoms with van der Waals surface area (Å²) in [6, 6.07) is 44.2. The molecule has 44 heavy (non-hydrogen) atoms. The Morgan fingerprint density at radius 2 is 1.23 bits per heavy atom. The van der Waals surface area contributed by atoms with Crippen molar-refractivity contribution in [3.05, 3.63) is 151 Å². The van der Waals surface area contributed by atoms with Crippen molar-refractivity contribution in [3.8, 4) is 39.1 Å². The van der Waals surface area contributed by atoms with Gasteiger partial charge >= 0.3 is 0 Å². The van der Waals surface area contributed by atoms with Gasteiger partial charge in [-0.3, -0.25) is 4.57 Å². The summed E-state index contributed by atoms with van der Waals surface area (Å²) in [5.74, 6) is 1.02. The van der Waals surface area contributed by atoms with Gasteiger partial charge in [-0.15, -0.1) is 0 Å². The predicted molar refractivity (Wildman–Crippen MR) is 188 cm³/mol. The lowest BCUT2D eigenvalue weighted by atomic mass is 9.85. The molecule has 7 aromatic rings. The van der Waals surface area contributed by atoms with E-state index in [0.29, 0.717) is 0 Å². The molecular weight excluding hydrogens is 553 g/mol. The Hall–Kier alpha value is -5.12. The molecule has 0 atom stereocenters. The number of imidazole rings is 1. The highest BCUT2D eigenvalue weighted by atomic mass is 32.2. The fourth-order valence-electron chi connectivity index (χ4n) is 6.74. The smallest absolute Gasteiger partial charge is 0.114 e. The van der Waals surface area contributed by atoms with Gasteiger partial charge in [-0.1, -0.05) is 141 Å². The zero-order chi connectivity index (χ0) is 29.8. The topological polar surface area (TPSA) is 17.8 Å². The minimum absolute atomic E-state index is 0.806. The Labute approximate surface area is 261 Å². The lowest BCUT2D eigenvalue weighted by molar-refractivity contribution is 0.861. The Balaban J connectivity index is 1.35. The highest BCUT2D eigenvalue weighted by molar-refractivity contribution is 8.08. The third-order valence-corrected chi connectivity index (χ3v) is 9.80. The highest BCUT2D eigenvalue weighted by Crippen LogP contribution is 2.44. The number of fused-ring (bicyclic) bond motifs is 5. The fourth-order valence-corrected chi connectivity index (χ4v) is 7.76. The van der Waals surface area contributed by atoms with Crippen molar-refractivity contribution in [3.63, 3.8) is 0 Å². The largest absolute Gasteiger partial charge is 0.294 e. The molecular formula is C41H30N2S. The monoisotopic (exact) mass is 582 g/mol. The van der Waals surface area contributed by atoms with Crippen molar-refractivity contribution < 1.29 is 0 Å². The number of nitrogens with zero attached hydrogens (tertiary/aromatic N) is 2. The van der Waals surface area contributed by atoms with Crippen LogP contribution in [0.5, 0.6) is 0 Å². The quantitative estimate of drug-likeness (QED) is 0.188. The van der Waals surface area contributed by atoms with Gasteiger partial charge in [0.15, 0.2) is 0 Å². The first-order valence-electron chi connectivity index (χ1n) is 15.0. The first-order chi connectivity index (χ1) is 21.7. The molecule has 2 nitrogen and oxygen atoms in total. The van der Waals surface area contributed by atoms with Crippen LogP contribution in [0, 0.1) is 0 Å². The van der Waals surface area contributed by atoms with E-state index in [4.69, 9.17) is 4.98 Å². The first-order valence-corrected chi connectivity index (χ1v) is 15.8. The van der Waals surface area contributed by atoms with Crippen LogP contribution in [0.3, 0.4) is 0 Å². The molecule has 0 saturated heterocycles. The van der Waals surface area contributed by atoms with Crippen LogP contribution in [0.4, 0.5) is 0 Å². The van der Waals surface area contributed by atoms with Crippen LogP contribution in [-0.2, 0) is 6.42 Å². The zero-order valence-corrected chi connectivity index (χ0v) is 25.4. The molecule has 0 aliphatic carbocycles. The number of hydrogen-bond donors (Lipinski definition) is 0. The summed E-state index contributed by atoms with van der Waals surface area (Å²) in [6.07, 6.45) is 2.75. The number of aromatic nitrogens is 2. The van der Waals surface area contributed by atoms with Gasteiger partial charge < -0.3 is 0 Å². The van der Waals surface area contributed by atoms with Crippen molar-refractivity contribution >= 4 is 44.8 Å². The Morgan fingerprint density at radius 1 is 0.659 bits per heavy atom. The number of thioether (sulfide) groups is 1. The lowest BCUT2D eigenvalue weighted by Gasteiger charge is -2.20. The van der Waals surface area contributed by atoms with E-state index in [1.165, 1.54) is 59.8 Å². The SMILES string of the molecule is C=CC1=c2c(=C)nc(CC)n2-c2cc(-c3cccc(-c4c5ccccc5c(-c5ccccc5)c5ccccc45)c3)ccc2S1. The Kier molecular flexibility index (Phi) is 6.36. The van der Waals surface area contributed by atoms with E-state index in [0.717, 1.165) is 33.5 Å². The highest BCUT2D eigenvalue weighted by Gasteiger charge is 2.21. The molecule has 0 bridgehead atoms. The standard InChI is InChI=1S/C41H30N2S/c1-4-36-41-26(3)42-38(5-2)43(41)35-25-29(22-23-37(35)44-36)28-16-13-17-30(24-28)40-33-20-11-9-18-31(33)39(27-14-7-6-8-15-27)32-19-10-12-21-34(32)40/h4,6-25H,1,3,5H2,2H3. The van der Waals surface area contributed by atoms with Crippen LogP contribution in [0.1, 0.15) is 12.7 Å². The molecule has 0 fully saturated rings. The maximum absolute atomic E-state index is 4.82. The number of rotatable bonds is 5. The average Bonchev–Trinajstić information content (AvgIpc) is 3.43. The van der Waals surface area contributed by atoms with E-state index in [9.17, 15) is 0 Å². The second kappa shape index (κ2) is 10.6. The van der Waals surface area contributed by atoms with Crippen LogP contribution >= 0.6 is 11.8 Å². The molecule has 0 N–H and O–H groups in total. The van der Waals surface area contributed by atoms with E-state index in [1.807, 2.05) is 6.08 Å². The van der Waals surface area contributed by atoms with Crippen LogP contribution in [0.25, 0.3) is 72.1 Å². The van der Waals surface area contributed by atoms with E-state index in [2.05, 4.69) is 146 Å². The maximum atomic E-state index is 4.82. The molecule has 8 rings (SSSR count). The van der Waals surface area contributed by atoms with E-state index in [1.54, 1.807) is 11.8 Å². The van der Waals surface area contributed by atoms with Crippen molar-refractivity contribution in [2.24, 2.45) is 0 Å². The van der Waals surface area contributed by atoms with Gasteiger partial charge in [0.05, 0.1) is 16.4 Å². The summed E-state index contributed by atoms with van der Waals surface area (Å²) in [5.41, 5.74) is 8.51. The molecule has 0 spiro atoms. The van der Waals surface area contributed by atoms with Crippen LogP contribution in [0.15, 0.2) is 139 Å². The van der Waals surface area contributed by atoms with Crippen molar-refractivity contribution in [1.29, 1.82) is 0 Å². The minimum atomic E-state index is 0.806. The predicted octanol–water partition coefficient (Wildman–Crippen LogP) is 9.55. The van der Waals surface area contributed by atoms with E-state index >= 15 is 0 Å². The molecule has 0 saturated carbocycles. The van der Waals surface area contributed by atoms with Gasteiger partial charge in [0.1, 0.15) is 5.82 Å². The average molecular weight is 583 g/mol. The first kappa shape index (κ1) is 26.5. The molecule has 1 aliphatic heterocycles. The third kappa shape index (κ3) is 4.08. The van der Waals surface area contributed by atoms with Crippen LogP contribution in [-0.4, -0.2) is 9.55 Å². The van der Waals surface area contributed by atoms with Crippen LogP contribution < -0.4 is 10.7 Å². The van der Waals surface area contributed by atoms with E-state index in [-0.39, 0.29) is 0 Å². The van der Waals surface area contributed by atoms with Gasteiger partial charge in [0.2, 0.25) is 0 Å².